The number of ether oxygens (including phenoxy) is 1. The molecule has 0 aliphatic heterocycles. The highest BCUT2D eigenvalue weighted by molar-refractivity contribution is 5.88. The van der Waals surface area contributed by atoms with Crippen molar-refractivity contribution in [3.05, 3.63) is 41.7 Å². The van der Waals surface area contributed by atoms with E-state index in [1.807, 2.05) is 0 Å². The molecule has 0 amide bonds. The van der Waals surface area contributed by atoms with Crippen molar-refractivity contribution in [3.8, 4) is 11.5 Å². The SMILES string of the molecule is O=C(O)c1cn[nH]c1COc1cccc(O)c1. The number of aromatic nitrogens is 2. The quantitative estimate of drug-likeness (QED) is 0.743. The number of aromatic carboxylic acids is 1. The number of rotatable bonds is 4. The van der Waals surface area contributed by atoms with Crippen molar-refractivity contribution < 1.29 is 19.7 Å². The summed E-state index contributed by atoms with van der Waals surface area (Å²) in [6.45, 7) is 0.0467. The lowest BCUT2D eigenvalue weighted by atomic mass is 10.2. The highest BCUT2D eigenvalue weighted by atomic mass is 16.5. The number of H-pyrrole nitrogens is 1. The second-order valence-corrected chi connectivity index (χ2v) is 3.35. The second kappa shape index (κ2) is 4.56. The molecule has 0 radical (unpaired) electrons. The first-order valence-electron chi connectivity index (χ1n) is 4.84. The molecule has 0 atom stereocenters. The molecule has 2 aromatic rings. The van der Waals surface area contributed by atoms with Gasteiger partial charge in [-0.3, -0.25) is 5.10 Å². The van der Waals surface area contributed by atoms with E-state index in [0.717, 1.165) is 0 Å². The van der Waals surface area contributed by atoms with Crippen LogP contribution in [0.3, 0.4) is 0 Å². The average Bonchev–Trinajstić information content (AvgIpc) is 2.74. The molecule has 6 nitrogen and oxygen atoms in total. The van der Waals surface area contributed by atoms with Gasteiger partial charge in [-0.15, -0.1) is 0 Å². The molecular formula is C11H10N2O4. The van der Waals surface area contributed by atoms with Gasteiger partial charge in [0.05, 0.1) is 11.9 Å². The fourth-order valence-electron chi connectivity index (χ4n) is 1.34. The smallest absolute Gasteiger partial charge is 0.339 e. The summed E-state index contributed by atoms with van der Waals surface area (Å²) in [5.74, 6) is -0.519. The van der Waals surface area contributed by atoms with Crippen LogP contribution in [0.5, 0.6) is 11.5 Å². The van der Waals surface area contributed by atoms with E-state index in [1.54, 1.807) is 12.1 Å². The van der Waals surface area contributed by atoms with Crippen LogP contribution in [-0.2, 0) is 6.61 Å². The first kappa shape index (κ1) is 11.0. The zero-order chi connectivity index (χ0) is 12.3. The lowest BCUT2D eigenvalue weighted by molar-refractivity contribution is 0.0694. The number of phenols is 1. The van der Waals surface area contributed by atoms with Gasteiger partial charge in [-0.05, 0) is 12.1 Å². The Bertz CT molecular complexity index is 536. The molecular weight excluding hydrogens is 224 g/mol. The van der Waals surface area contributed by atoms with Gasteiger partial charge in [0, 0.05) is 6.07 Å². The Morgan fingerprint density at radius 1 is 1.47 bits per heavy atom. The molecule has 1 aromatic heterocycles. The molecule has 0 spiro atoms. The van der Waals surface area contributed by atoms with Crippen molar-refractivity contribution in [2.75, 3.05) is 0 Å². The van der Waals surface area contributed by atoms with E-state index in [0.29, 0.717) is 11.4 Å². The van der Waals surface area contributed by atoms with E-state index in [1.165, 1.54) is 18.3 Å². The summed E-state index contributed by atoms with van der Waals surface area (Å²) in [6, 6.07) is 6.26. The van der Waals surface area contributed by atoms with Crippen LogP contribution in [0.1, 0.15) is 16.1 Å². The van der Waals surface area contributed by atoms with Gasteiger partial charge in [0.2, 0.25) is 0 Å². The van der Waals surface area contributed by atoms with Crippen LogP contribution >= 0.6 is 0 Å². The van der Waals surface area contributed by atoms with E-state index in [9.17, 15) is 9.90 Å². The Kier molecular flexibility index (Phi) is 2.95. The van der Waals surface area contributed by atoms with Crippen LogP contribution in [0.25, 0.3) is 0 Å². The number of aromatic amines is 1. The molecule has 1 aromatic carbocycles. The first-order chi connectivity index (χ1) is 8.16. The lowest BCUT2D eigenvalue weighted by Crippen LogP contribution is -2.03. The third-order valence-electron chi connectivity index (χ3n) is 2.15. The molecule has 6 heteroatoms. The average molecular weight is 234 g/mol. The van der Waals surface area contributed by atoms with Crippen molar-refractivity contribution in [1.82, 2.24) is 10.2 Å². The van der Waals surface area contributed by atoms with E-state index in [4.69, 9.17) is 9.84 Å². The molecule has 2 rings (SSSR count). The number of benzene rings is 1. The maximum absolute atomic E-state index is 10.8. The summed E-state index contributed by atoms with van der Waals surface area (Å²) in [5.41, 5.74) is 0.450. The minimum atomic E-state index is -1.06. The Hall–Kier alpha value is -2.50. The first-order valence-corrected chi connectivity index (χ1v) is 4.84. The van der Waals surface area contributed by atoms with Gasteiger partial charge in [0.25, 0.3) is 0 Å². The fraction of sp³-hybridized carbons (Fsp3) is 0.0909. The van der Waals surface area contributed by atoms with Crippen molar-refractivity contribution in [1.29, 1.82) is 0 Å². The van der Waals surface area contributed by atoms with Gasteiger partial charge in [0.15, 0.2) is 0 Å². The van der Waals surface area contributed by atoms with Crippen LogP contribution in [0, 0.1) is 0 Å². The summed E-state index contributed by atoms with van der Waals surface area (Å²) >= 11 is 0. The molecule has 17 heavy (non-hydrogen) atoms. The van der Waals surface area contributed by atoms with Gasteiger partial charge < -0.3 is 14.9 Å². The van der Waals surface area contributed by atoms with Gasteiger partial charge in [0.1, 0.15) is 23.7 Å². The van der Waals surface area contributed by atoms with Crippen LogP contribution < -0.4 is 4.74 Å². The monoisotopic (exact) mass is 234 g/mol. The molecule has 3 N–H and O–H groups in total. The maximum Gasteiger partial charge on any atom is 0.339 e. The normalized spacial score (nSPS) is 10.1. The number of hydrogen-bond donors (Lipinski definition) is 3. The fourth-order valence-corrected chi connectivity index (χ4v) is 1.34. The van der Waals surface area contributed by atoms with E-state index in [-0.39, 0.29) is 17.9 Å². The summed E-state index contributed by atoms with van der Waals surface area (Å²) in [5, 5.41) is 24.3. The van der Waals surface area contributed by atoms with Crippen LogP contribution in [0.15, 0.2) is 30.5 Å². The molecule has 0 saturated heterocycles. The molecule has 0 aliphatic carbocycles. The minimum Gasteiger partial charge on any atom is -0.508 e. The lowest BCUT2D eigenvalue weighted by Gasteiger charge is -2.05. The van der Waals surface area contributed by atoms with Crippen molar-refractivity contribution in [2.24, 2.45) is 0 Å². The third-order valence-corrected chi connectivity index (χ3v) is 2.15. The predicted octanol–water partition coefficient (Wildman–Crippen LogP) is 1.39. The van der Waals surface area contributed by atoms with Gasteiger partial charge >= 0.3 is 5.97 Å². The second-order valence-electron chi connectivity index (χ2n) is 3.35. The van der Waals surface area contributed by atoms with Crippen LogP contribution in [0.2, 0.25) is 0 Å². The Balaban J connectivity index is 2.07. The largest absolute Gasteiger partial charge is 0.508 e. The summed E-state index contributed by atoms with van der Waals surface area (Å²) in [6.07, 6.45) is 1.23. The summed E-state index contributed by atoms with van der Waals surface area (Å²) in [7, 11) is 0. The molecule has 1 heterocycles. The Morgan fingerprint density at radius 2 is 2.29 bits per heavy atom. The third kappa shape index (κ3) is 2.54. The molecule has 0 bridgehead atoms. The molecule has 0 saturated carbocycles. The van der Waals surface area contributed by atoms with Gasteiger partial charge in [-0.25, -0.2) is 4.79 Å². The van der Waals surface area contributed by atoms with Gasteiger partial charge in [-0.1, -0.05) is 6.07 Å². The van der Waals surface area contributed by atoms with Crippen LogP contribution in [-0.4, -0.2) is 26.4 Å². The molecule has 0 aliphatic rings. The van der Waals surface area contributed by atoms with E-state index < -0.39 is 5.97 Å². The number of carbonyl (C=O) groups is 1. The van der Waals surface area contributed by atoms with Crippen LogP contribution in [0.4, 0.5) is 0 Å². The minimum absolute atomic E-state index is 0.0467. The Labute approximate surface area is 96.5 Å². The summed E-state index contributed by atoms with van der Waals surface area (Å²) < 4.78 is 5.33. The van der Waals surface area contributed by atoms with Crippen molar-refractivity contribution in [3.63, 3.8) is 0 Å². The number of carboxylic acids is 1. The van der Waals surface area contributed by atoms with Crippen molar-refractivity contribution in [2.45, 2.75) is 6.61 Å². The predicted molar refractivity (Wildman–Crippen MR) is 58.0 cm³/mol. The highest BCUT2D eigenvalue weighted by Gasteiger charge is 2.12. The number of nitrogens with zero attached hydrogens (tertiary/aromatic N) is 1. The molecule has 88 valence electrons. The number of aromatic hydroxyl groups is 1. The number of hydrogen-bond acceptors (Lipinski definition) is 4. The number of carboxylic acid groups (broad SMARTS) is 1. The maximum atomic E-state index is 10.8. The zero-order valence-corrected chi connectivity index (χ0v) is 8.75. The molecule has 0 fully saturated rings. The number of phenolic OH excluding ortho intramolecular Hbond substituents is 1. The summed E-state index contributed by atoms with van der Waals surface area (Å²) in [4.78, 5) is 10.8. The zero-order valence-electron chi connectivity index (χ0n) is 8.75. The topological polar surface area (TPSA) is 95.4 Å². The standard InChI is InChI=1S/C11H10N2O4/c14-7-2-1-3-8(4-7)17-6-10-9(11(15)16)5-12-13-10/h1-5,14H,6H2,(H,12,13)(H,15,16). The number of nitrogens with one attached hydrogen (secondary N) is 1. The highest BCUT2D eigenvalue weighted by Crippen LogP contribution is 2.19. The Morgan fingerprint density at radius 3 is 3.00 bits per heavy atom. The molecule has 0 unspecified atom stereocenters. The van der Waals surface area contributed by atoms with Gasteiger partial charge in [-0.2, -0.15) is 5.10 Å². The van der Waals surface area contributed by atoms with Crippen molar-refractivity contribution >= 4 is 5.97 Å². The van der Waals surface area contributed by atoms with E-state index >= 15 is 0 Å². The van der Waals surface area contributed by atoms with E-state index in [2.05, 4.69) is 10.2 Å².